The highest BCUT2D eigenvalue weighted by atomic mass is 16.5. The van der Waals surface area contributed by atoms with E-state index in [1.807, 2.05) is 38.1 Å². The zero-order chi connectivity index (χ0) is 24.5. The Morgan fingerprint density at radius 1 is 1.09 bits per heavy atom. The fraction of sp³-hybridized carbons (Fsp3) is 0.444. The molecule has 180 valence electrons. The van der Waals surface area contributed by atoms with Gasteiger partial charge in [-0.05, 0) is 47.9 Å². The van der Waals surface area contributed by atoms with Gasteiger partial charge in [-0.2, -0.15) is 0 Å². The molecule has 0 spiro atoms. The molecule has 34 heavy (non-hydrogen) atoms. The highest BCUT2D eigenvalue weighted by molar-refractivity contribution is 5.89. The maximum Gasteiger partial charge on any atom is 0.407 e. The number of hydrogen-bond acceptors (Lipinski definition) is 4. The summed E-state index contributed by atoms with van der Waals surface area (Å²) in [6.45, 7) is 6.10. The van der Waals surface area contributed by atoms with Crippen LogP contribution in [0.1, 0.15) is 50.7 Å². The van der Waals surface area contributed by atoms with Gasteiger partial charge in [0.15, 0.2) is 0 Å². The molecule has 2 amide bonds. The SMILES string of the molecule is CC(C)C(CNC(=O)OCC1c2ccccc2-c2ccccc21)C(=O)N1CCC[C@@]1(C)C(=O)O. The van der Waals surface area contributed by atoms with Crippen LogP contribution in [-0.2, 0) is 14.3 Å². The molecule has 7 nitrogen and oxygen atoms in total. The predicted octanol–water partition coefficient (Wildman–Crippen LogP) is 4.26. The number of aliphatic carboxylic acids is 1. The van der Waals surface area contributed by atoms with Crippen molar-refractivity contribution in [2.75, 3.05) is 19.7 Å². The average molecular weight is 465 g/mol. The minimum absolute atomic E-state index is 0.0402. The molecular formula is C27H32N2O5. The minimum atomic E-state index is -1.20. The Balaban J connectivity index is 1.39. The van der Waals surface area contributed by atoms with Gasteiger partial charge < -0.3 is 20.1 Å². The smallest absolute Gasteiger partial charge is 0.407 e. The number of amides is 2. The van der Waals surface area contributed by atoms with Crippen molar-refractivity contribution in [3.05, 3.63) is 59.7 Å². The second-order valence-corrected chi connectivity index (χ2v) is 9.73. The lowest BCUT2D eigenvalue weighted by atomic mass is 9.91. The van der Waals surface area contributed by atoms with Crippen molar-refractivity contribution in [3.63, 3.8) is 0 Å². The van der Waals surface area contributed by atoms with Crippen LogP contribution in [-0.4, -0.2) is 53.2 Å². The molecule has 0 aromatic heterocycles. The summed E-state index contributed by atoms with van der Waals surface area (Å²) in [5.74, 6) is -1.87. The highest BCUT2D eigenvalue weighted by Gasteiger charge is 2.47. The van der Waals surface area contributed by atoms with Crippen molar-refractivity contribution in [3.8, 4) is 11.1 Å². The summed E-state index contributed by atoms with van der Waals surface area (Å²) in [6, 6.07) is 16.3. The molecule has 2 aliphatic rings. The minimum Gasteiger partial charge on any atom is -0.480 e. The van der Waals surface area contributed by atoms with Crippen LogP contribution in [0.15, 0.2) is 48.5 Å². The Morgan fingerprint density at radius 3 is 2.24 bits per heavy atom. The molecule has 7 heteroatoms. The molecular weight excluding hydrogens is 432 g/mol. The van der Waals surface area contributed by atoms with Crippen LogP contribution < -0.4 is 5.32 Å². The average Bonchev–Trinajstić information content (AvgIpc) is 3.36. The number of carboxylic acid groups (broad SMARTS) is 1. The van der Waals surface area contributed by atoms with Gasteiger partial charge in [0.1, 0.15) is 12.1 Å². The summed E-state index contributed by atoms with van der Waals surface area (Å²) in [6.07, 6.45) is 0.500. The van der Waals surface area contributed by atoms with Crippen LogP contribution in [0.25, 0.3) is 11.1 Å². The number of nitrogens with zero attached hydrogens (tertiary/aromatic N) is 1. The van der Waals surface area contributed by atoms with Crippen LogP contribution in [0.3, 0.4) is 0 Å². The summed E-state index contributed by atoms with van der Waals surface area (Å²) in [7, 11) is 0. The molecule has 2 aromatic carbocycles. The third-order valence-corrected chi connectivity index (χ3v) is 7.30. The summed E-state index contributed by atoms with van der Waals surface area (Å²) >= 11 is 0. The first kappa shape index (κ1) is 23.8. The number of nitrogens with one attached hydrogen (secondary N) is 1. The standard InChI is InChI=1S/C27H32N2O5/c1-17(2)22(24(30)29-14-8-13-27(29,3)25(31)32)15-28-26(33)34-16-23-20-11-6-4-9-18(20)19-10-5-7-12-21(19)23/h4-7,9-12,17,22-23H,8,13-16H2,1-3H3,(H,28,33)(H,31,32)/t22?,27-/m0/s1. The first-order valence-corrected chi connectivity index (χ1v) is 11.9. The van der Waals surface area contributed by atoms with E-state index in [0.717, 1.165) is 22.3 Å². The molecule has 2 N–H and O–H groups in total. The van der Waals surface area contributed by atoms with E-state index in [1.54, 1.807) is 6.92 Å². The van der Waals surface area contributed by atoms with Gasteiger partial charge in [-0.3, -0.25) is 4.79 Å². The summed E-state index contributed by atoms with van der Waals surface area (Å²) in [4.78, 5) is 39.1. The Bertz CT molecular complexity index is 1050. The molecule has 1 heterocycles. The van der Waals surface area contributed by atoms with Crippen LogP contribution in [0.2, 0.25) is 0 Å². The van der Waals surface area contributed by atoms with Crippen LogP contribution in [0.4, 0.5) is 4.79 Å². The van der Waals surface area contributed by atoms with Crippen molar-refractivity contribution in [1.29, 1.82) is 0 Å². The molecule has 2 aromatic rings. The molecule has 0 saturated carbocycles. The third kappa shape index (κ3) is 4.27. The topological polar surface area (TPSA) is 95.9 Å². The maximum absolute atomic E-state index is 13.2. The van der Waals surface area contributed by atoms with Gasteiger partial charge in [-0.15, -0.1) is 0 Å². The second kappa shape index (κ2) is 9.49. The monoisotopic (exact) mass is 464 g/mol. The van der Waals surface area contributed by atoms with Crippen molar-refractivity contribution in [1.82, 2.24) is 10.2 Å². The fourth-order valence-electron chi connectivity index (χ4n) is 5.19. The molecule has 1 fully saturated rings. The number of carbonyl (C=O) groups excluding carboxylic acids is 2. The zero-order valence-corrected chi connectivity index (χ0v) is 19.9. The van der Waals surface area contributed by atoms with Gasteiger partial charge in [0.25, 0.3) is 0 Å². The Kier molecular flexibility index (Phi) is 6.64. The van der Waals surface area contributed by atoms with E-state index in [9.17, 15) is 19.5 Å². The van der Waals surface area contributed by atoms with Crippen molar-refractivity contribution in [2.45, 2.75) is 45.1 Å². The van der Waals surface area contributed by atoms with E-state index in [0.29, 0.717) is 19.4 Å². The van der Waals surface area contributed by atoms with E-state index in [1.165, 1.54) is 4.90 Å². The first-order valence-electron chi connectivity index (χ1n) is 11.9. The van der Waals surface area contributed by atoms with Crippen LogP contribution in [0, 0.1) is 11.8 Å². The van der Waals surface area contributed by atoms with Crippen LogP contribution in [0.5, 0.6) is 0 Å². The predicted molar refractivity (Wildman–Crippen MR) is 128 cm³/mol. The van der Waals surface area contributed by atoms with Gasteiger partial charge in [-0.25, -0.2) is 9.59 Å². The number of alkyl carbamates (subject to hydrolysis) is 1. The molecule has 1 aliphatic carbocycles. The van der Waals surface area contributed by atoms with Gasteiger partial charge in [0.05, 0.1) is 5.92 Å². The van der Waals surface area contributed by atoms with E-state index < -0.39 is 23.5 Å². The fourth-order valence-corrected chi connectivity index (χ4v) is 5.19. The Labute approximate surface area is 200 Å². The summed E-state index contributed by atoms with van der Waals surface area (Å²) in [5.41, 5.74) is 3.38. The normalized spacial score (nSPS) is 20.1. The molecule has 0 radical (unpaired) electrons. The molecule has 1 unspecified atom stereocenters. The highest BCUT2D eigenvalue weighted by Crippen LogP contribution is 2.44. The van der Waals surface area contributed by atoms with E-state index in [-0.39, 0.29) is 30.9 Å². The van der Waals surface area contributed by atoms with Gasteiger partial charge in [0, 0.05) is 19.0 Å². The molecule has 0 bridgehead atoms. The van der Waals surface area contributed by atoms with E-state index in [2.05, 4.69) is 29.6 Å². The lowest BCUT2D eigenvalue weighted by molar-refractivity contribution is -0.157. The van der Waals surface area contributed by atoms with Gasteiger partial charge in [-0.1, -0.05) is 62.4 Å². The Morgan fingerprint density at radius 2 is 1.68 bits per heavy atom. The second-order valence-electron chi connectivity index (χ2n) is 9.73. The van der Waals surface area contributed by atoms with Crippen molar-refractivity contribution < 1.29 is 24.2 Å². The number of hydrogen-bond donors (Lipinski definition) is 2. The number of benzene rings is 2. The third-order valence-electron chi connectivity index (χ3n) is 7.30. The lowest BCUT2D eigenvalue weighted by Crippen LogP contribution is -2.54. The molecule has 2 atom stereocenters. The van der Waals surface area contributed by atoms with Crippen molar-refractivity contribution in [2.24, 2.45) is 11.8 Å². The zero-order valence-electron chi connectivity index (χ0n) is 19.9. The number of carboxylic acids is 1. The van der Waals surface area contributed by atoms with Crippen LogP contribution >= 0.6 is 0 Å². The summed E-state index contributed by atoms with van der Waals surface area (Å²) < 4.78 is 5.59. The molecule has 4 rings (SSSR count). The number of fused-ring (bicyclic) bond motifs is 3. The van der Waals surface area contributed by atoms with Gasteiger partial charge in [0.2, 0.25) is 5.91 Å². The quantitative estimate of drug-likeness (QED) is 0.638. The summed E-state index contributed by atoms with van der Waals surface area (Å²) in [5, 5.41) is 12.4. The van der Waals surface area contributed by atoms with Crippen molar-refractivity contribution >= 4 is 18.0 Å². The molecule has 1 aliphatic heterocycles. The largest absolute Gasteiger partial charge is 0.480 e. The number of carbonyl (C=O) groups is 3. The maximum atomic E-state index is 13.2. The first-order chi connectivity index (χ1) is 16.2. The lowest BCUT2D eigenvalue weighted by Gasteiger charge is -2.35. The number of rotatable bonds is 7. The van der Waals surface area contributed by atoms with Gasteiger partial charge >= 0.3 is 12.1 Å². The Hall–Kier alpha value is -3.35. The number of ether oxygens (including phenoxy) is 1. The molecule has 1 saturated heterocycles. The van der Waals surface area contributed by atoms with E-state index in [4.69, 9.17) is 4.74 Å². The van der Waals surface area contributed by atoms with E-state index >= 15 is 0 Å². The number of likely N-dealkylation sites (tertiary alicyclic amines) is 1.